The molecule has 1 aromatic heterocycles. The summed E-state index contributed by atoms with van der Waals surface area (Å²) in [5.41, 5.74) is 2.29. The van der Waals surface area contributed by atoms with Gasteiger partial charge in [-0.15, -0.1) is 0 Å². The first-order valence-electron chi connectivity index (χ1n) is 8.48. The lowest BCUT2D eigenvalue weighted by molar-refractivity contribution is 0.257. The van der Waals surface area contributed by atoms with E-state index in [1.807, 2.05) is 0 Å². The molecular weight excluding hydrogens is 284 g/mol. The first-order chi connectivity index (χ1) is 11.1. The van der Waals surface area contributed by atoms with Crippen molar-refractivity contribution in [3.8, 4) is 5.75 Å². The quantitative estimate of drug-likeness (QED) is 0.670. The molecule has 0 aliphatic rings. The SMILES string of the molecule is CC(C)CNCC(C)COc1cccc2[nH]c3ccccc3c12. The van der Waals surface area contributed by atoms with Crippen LogP contribution in [0.3, 0.4) is 0 Å². The van der Waals surface area contributed by atoms with Crippen LogP contribution < -0.4 is 10.1 Å². The summed E-state index contributed by atoms with van der Waals surface area (Å²) in [6.45, 7) is 9.45. The predicted molar refractivity (Wildman–Crippen MR) is 98.2 cm³/mol. The van der Waals surface area contributed by atoms with Gasteiger partial charge in [-0.05, 0) is 30.7 Å². The molecular formula is C20H26N2O. The number of rotatable bonds is 7. The topological polar surface area (TPSA) is 37.0 Å². The number of hydrogen-bond donors (Lipinski definition) is 2. The average molecular weight is 310 g/mol. The van der Waals surface area contributed by atoms with Gasteiger partial charge < -0.3 is 15.0 Å². The molecule has 1 unspecified atom stereocenters. The van der Waals surface area contributed by atoms with E-state index >= 15 is 0 Å². The molecule has 3 aromatic rings. The van der Waals surface area contributed by atoms with Crippen molar-refractivity contribution in [1.82, 2.24) is 10.3 Å². The van der Waals surface area contributed by atoms with Crippen molar-refractivity contribution >= 4 is 21.8 Å². The summed E-state index contributed by atoms with van der Waals surface area (Å²) in [5.74, 6) is 2.13. The Morgan fingerprint density at radius 1 is 0.957 bits per heavy atom. The lowest BCUT2D eigenvalue weighted by atomic mass is 10.1. The second-order valence-corrected chi connectivity index (χ2v) is 6.82. The third kappa shape index (κ3) is 3.67. The highest BCUT2D eigenvalue weighted by molar-refractivity contribution is 6.10. The van der Waals surface area contributed by atoms with Crippen LogP contribution in [0.2, 0.25) is 0 Å². The maximum atomic E-state index is 6.15. The van der Waals surface area contributed by atoms with Crippen LogP contribution in [-0.4, -0.2) is 24.7 Å². The first kappa shape index (κ1) is 15.9. The summed E-state index contributed by atoms with van der Waals surface area (Å²) in [5, 5.41) is 5.91. The molecule has 1 atom stereocenters. The van der Waals surface area contributed by atoms with E-state index < -0.39 is 0 Å². The number of aromatic amines is 1. The Labute approximate surface area is 138 Å². The lowest BCUT2D eigenvalue weighted by Crippen LogP contribution is -2.28. The third-order valence-electron chi connectivity index (χ3n) is 4.06. The molecule has 2 N–H and O–H groups in total. The molecule has 122 valence electrons. The maximum Gasteiger partial charge on any atom is 0.129 e. The Balaban J connectivity index is 1.73. The van der Waals surface area contributed by atoms with Gasteiger partial charge in [0, 0.05) is 28.8 Å². The normalized spacial score (nSPS) is 13.0. The van der Waals surface area contributed by atoms with Crippen LogP contribution in [-0.2, 0) is 0 Å². The number of fused-ring (bicyclic) bond motifs is 3. The Hall–Kier alpha value is -2.00. The molecule has 2 aromatic carbocycles. The van der Waals surface area contributed by atoms with Crippen LogP contribution in [0.5, 0.6) is 5.75 Å². The molecule has 3 nitrogen and oxygen atoms in total. The summed E-state index contributed by atoms with van der Waals surface area (Å²) in [6, 6.07) is 14.6. The molecule has 3 rings (SSSR count). The van der Waals surface area contributed by atoms with Crippen LogP contribution in [0.25, 0.3) is 21.8 Å². The summed E-state index contributed by atoms with van der Waals surface area (Å²) in [7, 11) is 0. The fraction of sp³-hybridized carbons (Fsp3) is 0.400. The van der Waals surface area contributed by atoms with Gasteiger partial charge in [-0.3, -0.25) is 0 Å². The van der Waals surface area contributed by atoms with Crippen molar-refractivity contribution in [1.29, 1.82) is 0 Å². The van der Waals surface area contributed by atoms with Crippen LogP contribution in [0.15, 0.2) is 42.5 Å². The van der Waals surface area contributed by atoms with Crippen LogP contribution >= 0.6 is 0 Å². The van der Waals surface area contributed by atoms with Crippen molar-refractivity contribution in [3.05, 3.63) is 42.5 Å². The summed E-state index contributed by atoms with van der Waals surface area (Å²) < 4.78 is 6.15. The van der Waals surface area contributed by atoms with E-state index in [1.54, 1.807) is 0 Å². The number of H-pyrrole nitrogens is 1. The number of aromatic nitrogens is 1. The van der Waals surface area contributed by atoms with Gasteiger partial charge in [-0.1, -0.05) is 45.0 Å². The van der Waals surface area contributed by atoms with Crippen LogP contribution in [0, 0.1) is 11.8 Å². The van der Waals surface area contributed by atoms with E-state index in [-0.39, 0.29) is 0 Å². The first-order valence-corrected chi connectivity index (χ1v) is 8.48. The number of nitrogens with one attached hydrogen (secondary N) is 2. The lowest BCUT2D eigenvalue weighted by Gasteiger charge is -2.15. The fourth-order valence-electron chi connectivity index (χ4n) is 2.90. The molecule has 0 aliphatic heterocycles. The van der Waals surface area contributed by atoms with Gasteiger partial charge in [-0.2, -0.15) is 0 Å². The number of para-hydroxylation sites is 1. The van der Waals surface area contributed by atoms with E-state index in [2.05, 4.69) is 73.5 Å². The van der Waals surface area contributed by atoms with Crippen LogP contribution in [0.1, 0.15) is 20.8 Å². The van der Waals surface area contributed by atoms with Gasteiger partial charge in [0.1, 0.15) is 5.75 Å². The Kier molecular flexibility index (Phi) is 4.87. The highest BCUT2D eigenvalue weighted by Gasteiger charge is 2.10. The van der Waals surface area contributed by atoms with Gasteiger partial charge in [0.2, 0.25) is 0 Å². The minimum Gasteiger partial charge on any atom is -0.493 e. The molecule has 0 bridgehead atoms. The van der Waals surface area contributed by atoms with Crippen LogP contribution in [0.4, 0.5) is 0 Å². The van der Waals surface area contributed by atoms with Crippen molar-refractivity contribution in [2.45, 2.75) is 20.8 Å². The predicted octanol–water partition coefficient (Wildman–Crippen LogP) is 4.58. The molecule has 3 heteroatoms. The van der Waals surface area contributed by atoms with E-state index in [0.29, 0.717) is 11.8 Å². The highest BCUT2D eigenvalue weighted by Crippen LogP contribution is 2.33. The molecule has 0 spiro atoms. The van der Waals surface area contributed by atoms with Crippen molar-refractivity contribution in [2.75, 3.05) is 19.7 Å². The standard InChI is InChI=1S/C20H26N2O/c1-14(2)11-21-12-15(3)13-23-19-10-6-9-18-20(19)16-7-4-5-8-17(16)22-18/h4-10,14-15,21-22H,11-13H2,1-3H3. The highest BCUT2D eigenvalue weighted by atomic mass is 16.5. The minimum atomic E-state index is 0.481. The monoisotopic (exact) mass is 310 g/mol. The third-order valence-corrected chi connectivity index (χ3v) is 4.06. The largest absolute Gasteiger partial charge is 0.493 e. The van der Waals surface area contributed by atoms with E-state index in [0.717, 1.165) is 36.5 Å². The maximum absolute atomic E-state index is 6.15. The van der Waals surface area contributed by atoms with Gasteiger partial charge in [0.25, 0.3) is 0 Å². The van der Waals surface area contributed by atoms with E-state index in [1.165, 1.54) is 10.8 Å². The number of hydrogen-bond acceptors (Lipinski definition) is 2. The Morgan fingerprint density at radius 2 is 1.74 bits per heavy atom. The van der Waals surface area contributed by atoms with Crippen molar-refractivity contribution in [3.63, 3.8) is 0 Å². The summed E-state index contributed by atoms with van der Waals surface area (Å²) in [4.78, 5) is 3.46. The molecule has 0 saturated heterocycles. The zero-order valence-electron chi connectivity index (χ0n) is 14.2. The summed E-state index contributed by atoms with van der Waals surface area (Å²) in [6.07, 6.45) is 0. The zero-order valence-corrected chi connectivity index (χ0v) is 14.2. The van der Waals surface area contributed by atoms with Gasteiger partial charge in [0.05, 0.1) is 12.1 Å². The Morgan fingerprint density at radius 3 is 2.57 bits per heavy atom. The summed E-state index contributed by atoms with van der Waals surface area (Å²) >= 11 is 0. The van der Waals surface area contributed by atoms with Crippen molar-refractivity contribution < 1.29 is 4.74 Å². The fourth-order valence-corrected chi connectivity index (χ4v) is 2.90. The Bertz CT molecular complexity index is 776. The molecule has 0 fully saturated rings. The molecule has 0 radical (unpaired) electrons. The molecule has 23 heavy (non-hydrogen) atoms. The number of benzene rings is 2. The van der Waals surface area contributed by atoms with E-state index in [4.69, 9.17) is 4.74 Å². The molecule has 0 aliphatic carbocycles. The van der Waals surface area contributed by atoms with E-state index in [9.17, 15) is 0 Å². The minimum absolute atomic E-state index is 0.481. The second kappa shape index (κ2) is 7.05. The van der Waals surface area contributed by atoms with Crippen molar-refractivity contribution in [2.24, 2.45) is 11.8 Å². The van der Waals surface area contributed by atoms with Gasteiger partial charge in [-0.25, -0.2) is 0 Å². The second-order valence-electron chi connectivity index (χ2n) is 6.82. The number of ether oxygens (including phenoxy) is 1. The average Bonchev–Trinajstić information content (AvgIpc) is 2.91. The van der Waals surface area contributed by atoms with Gasteiger partial charge in [0.15, 0.2) is 0 Å². The van der Waals surface area contributed by atoms with Gasteiger partial charge >= 0.3 is 0 Å². The molecule has 0 amide bonds. The smallest absolute Gasteiger partial charge is 0.129 e. The molecule has 1 heterocycles. The zero-order chi connectivity index (χ0) is 16.2. The molecule has 0 saturated carbocycles.